The predicted molar refractivity (Wildman–Crippen MR) is 54.7 cm³/mol. The van der Waals surface area contributed by atoms with E-state index in [2.05, 4.69) is 5.92 Å². The summed E-state index contributed by atoms with van der Waals surface area (Å²) in [6.45, 7) is 5.97. The molecule has 0 aliphatic rings. The molecule has 0 fully saturated rings. The van der Waals surface area contributed by atoms with Gasteiger partial charge >= 0.3 is 5.97 Å². The molecule has 0 atom stereocenters. The van der Waals surface area contributed by atoms with E-state index in [4.69, 9.17) is 15.9 Å². The van der Waals surface area contributed by atoms with Crippen LogP contribution in [0.2, 0.25) is 0 Å². The fourth-order valence-electron chi connectivity index (χ4n) is 0.803. The van der Waals surface area contributed by atoms with E-state index in [0.717, 1.165) is 6.42 Å². The zero-order valence-electron chi connectivity index (χ0n) is 9.13. The second-order valence-electron chi connectivity index (χ2n) is 3.95. The Kier molecular flexibility index (Phi) is 5.98. The van der Waals surface area contributed by atoms with E-state index in [1.54, 1.807) is 0 Å². The van der Waals surface area contributed by atoms with E-state index in [0.29, 0.717) is 13.0 Å². The van der Waals surface area contributed by atoms with Crippen LogP contribution in [0.25, 0.3) is 0 Å². The summed E-state index contributed by atoms with van der Waals surface area (Å²) in [7, 11) is 0. The van der Waals surface area contributed by atoms with Crippen LogP contribution in [0.1, 0.15) is 33.6 Å². The number of terminal acetylenes is 1. The highest BCUT2D eigenvalue weighted by Crippen LogP contribution is 2.06. The number of carbonyl (C=O) groups excluding carboxylic acids is 1. The van der Waals surface area contributed by atoms with Gasteiger partial charge in [-0.25, -0.2) is 4.79 Å². The Bertz CT molecular complexity index is 208. The molecule has 0 spiro atoms. The van der Waals surface area contributed by atoms with Gasteiger partial charge in [0.15, 0.2) is 0 Å². The smallest absolute Gasteiger partial charge is 0.332 e. The highest BCUT2D eigenvalue weighted by Gasteiger charge is 2.15. The first kappa shape index (κ1) is 13.0. The quantitative estimate of drug-likeness (QED) is 0.383. The van der Waals surface area contributed by atoms with E-state index in [1.165, 1.54) is 0 Å². The topological polar surface area (TPSA) is 35.5 Å². The molecule has 0 amide bonds. The minimum absolute atomic E-state index is 0.00183. The molecule has 0 aromatic rings. The first-order valence-electron chi connectivity index (χ1n) is 4.69. The third kappa shape index (κ3) is 9.08. The van der Waals surface area contributed by atoms with Crippen molar-refractivity contribution in [3.63, 3.8) is 0 Å². The van der Waals surface area contributed by atoms with E-state index in [9.17, 15) is 4.79 Å². The molecule has 0 saturated heterocycles. The summed E-state index contributed by atoms with van der Waals surface area (Å²) in [4.78, 5) is 11.1. The second kappa shape index (κ2) is 6.44. The van der Waals surface area contributed by atoms with Gasteiger partial charge in [0.2, 0.25) is 0 Å². The van der Waals surface area contributed by atoms with Crippen LogP contribution < -0.4 is 0 Å². The van der Waals surface area contributed by atoms with Gasteiger partial charge in [0.1, 0.15) is 12.2 Å². The molecule has 3 nitrogen and oxygen atoms in total. The molecular formula is C11H18O3. The van der Waals surface area contributed by atoms with Gasteiger partial charge in [0, 0.05) is 13.0 Å². The highest BCUT2D eigenvalue weighted by atomic mass is 16.6. The second-order valence-corrected chi connectivity index (χ2v) is 3.95. The molecule has 0 rings (SSSR count). The lowest BCUT2D eigenvalue weighted by Gasteiger charge is -2.19. The number of unbranched alkanes of at least 4 members (excludes halogenated alkanes) is 1. The Morgan fingerprint density at radius 3 is 2.57 bits per heavy atom. The molecule has 0 aromatic carbocycles. The molecule has 0 radical (unpaired) electrons. The summed E-state index contributed by atoms with van der Waals surface area (Å²) in [5, 5.41) is 0. The van der Waals surface area contributed by atoms with E-state index in [-0.39, 0.29) is 12.6 Å². The molecule has 0 N–H and O–H groups in total. The third-order valence-electron chi connectivity index (χ3n) is 1.25. The average Bonchev–Trinajstić information content (AvgIpc) is 2.00. The summed E-state index contributed by atoms with van der Waals surface area (Å²) >= 11 is 0. The Morgan fingerprint density at radius 2 is 2.07 bits per heavy atom. The summed E-state index contributed by atoms with van der Waals surface area (Å²) in [5.74, 6) is 2.16. The van der Waals surface area contributed by atoms with Gasteiger partial charge in [-0.15, -0.1) is 12.3 Å². The zero-order chi connectivity index (χ0) is 11.0. The average molecular weight is 198 g/mol. The SMILES string of the molecule is C#CCCCOCC(=O)OC(C)(C)C. The maximum absolute atomic E-state index is 11.1. The van der Waals surface area contributed by atoms with Crippen molar-refractivity contribution >= 4 is 5.97 Å². The minimum Gasteiger partial charge on any atom is -0.458 e. The number of rotatable bonds is 5. The fourth-order valence-corrected chi connectivity index (χ4v) is 0.803. The normalized spacial score (nSPS) is 10.7. The minimum atomic E-state index is -0.445. The van der Waals surface area contributed by atoms with Crippen LogP contribution in [0.15, 0.2) is 0 Å². The first-order valence-corrected chi connectivity index (χ1v) is 4.69. The molecule has 0 aliphatic heterocycles. The summed E-state index contributed by atoms with van der Waals surface area (Å²) in [6.07, 6.45) is 6.51. The Labute approximate surface area is 85.8 Å². The maximum Gasteiger partial charge on any atom is 0.332 e. The van der Waals surface area contributed by atoms with Gasteiger partial charge in [0.05, 0.1) is 0 Å². The molecule has 80 valence electrons. The number of hydrogen-bond acceptors (Lipinski definition) is 3. The molecule has 0 aromatic heterocycles. The van der Waals surface area contributed by atoms with Gasteiger partial charge < -0.3 is 9.47 Å². The monoisotopic (exact) mass is 198 g/mol. The maximum atomic E-state index is 11.1. The molecule has 3 heteroatoms. The molecule has 0 unspecified atom stereocenters. The van der Waals surface area contributed by atoms with Gasteiger partial charge in [-0.2, -0.15) is 0 Å². The van der Waals surface area contributed by atoms with Gasteiger partial charge in [-0.1, -0.05) is 0 Å². The standard InChI is InChI=1S/C11H18O3/c1-5-6-7-8-13-9-10(12)14-11(2,3)4/h1H,6-9H2,2-4H3. The number of carbonyl (C=O) groups is 1. The van der Waals surface area contributed by atoms with E-state index < -0.39 is 5.60 Å². The number of hydrogen-bond donors (Lipinski definition) is 0. The molecule has 0 bridgehead atoms. The summed E-state index contributed by atoms with van der Waals surface area (Å²) in [5.41, 5.74) is -0.445. The molecular weight excluding hydrogens is 180 g/mol. The van der Waals surface area contributed by atoms with Crippen LogP contribution in [-0.4, -0.2) is 24.8 Å². The van der Waals surface area contributed by atoms with Crippen LogP contribution in [-0.2, 0) is 14.3 Å². The summed E-state index contributed by atoms with van der Waals surface area (Å²) < 4.78 is 10.1. The van der Waals surface area contributed by atoms with Crippen molar-refractivity contribution in [2.24, 2.45) is 0 Å². The van der Waals surface area contributed by atoms with E-state index in [1.807, 2.05) is 20.8 Å². The van der Waals surface area contributed by atoms with Crippen molar-refractivity contribution in [3.05, 3.63) is 0 Å². The highest BCUT2D eigenvalue weighted by molar-refractivity contribution is 5.71. The fraction of sp³-hybridized carbons (Fsp3) is 0.727. The first-order chi connectivity index (χ1) is 6.45. The third-order valence-corrected chi connectivity index (χ3v) is 1.25. The van der Waals surface area contributed by atoms with Crippen molar-refractivity contribution in [1.29, 1.82) is 0 Å². The Morgan fingerprint density at radius 1 is 1.43 bits per heavy atom. The lowest BCUT2D eigenvalue weighted by atomic mass is 10.2. The Balaban J connectivity index is 3.42. The lowest BCUT2D eigenvalue weighted by molar-refractivity contribution is -0.160. The van der Waals surface area contributed by atoms with Crippen molar-refractivity contribution in [3.8, 4) is 12.3 Å². The van der Waals surface area contributed by atoms with Crippen LogP contribution in [0.4, 0.5) is 0 Å². The Hall–Kier alpha value is -1.01. The van der Waals surface area contributed by atoms with Gasteiger partial charge in [-0.05, 0) is 27.2 Å². The largest absolute Gasteiger partial charge is 0.458 e. The van der Waals surface area contributed by atoms with Crippen LogP contribution in [0, 0.1) is 12.3 Å². The van der Waals surface area contributed by atoms with Gasteiger partial charge in [-0.3, -0.25) is 0 Å². The molecule has 14 heavy (non-hydrogen) atoms. The van der Waals surface area contributed by atoms with E-state index >= 15 is 0 Å². The van der Waals surface area contributed by atoms with Crippen molar-refractivity contribution in [2.45, 2.75) is 39.2 Å². The number of ether oxygens (including phenoxy) is 2. The lowest BCUT2D eigenvalue weighted by Crippen LogP contribution is -2.26. The van der Waals surface area contributed by atoms with Crippen LogP contribution in [0.5, 0.6) is 0 Å². The zero-order valence-corrected chi connectivity index (χ0v) is 9.13. The molecule has 0 heterocycles. The summed E-state index contributed by atoms with van der Waals surface area (Å²) in [6, 6.07) is 0. The molecule has 0 aliphatic carbocycles. The number of esters is 1. The molecule has 0 saturated carbocycles. The van der Waals surface area contributed by atoms with Crippen molar-refractivity contribution < 1.29 is 14.3 Å². The van der Waals surface area contributed by atoms with Crippen molar-refractivity contribution in [1.82, 2.24) is 0 Å². The van der Waals surface area contributed by atoms with Crippen molar-refractivity contribution in [2.75, 3.05) is 13.2 Å². The van der Waals surface area contributed by atoms with Gasteiger partial charge in [0.25, 0.3) is 0 Å². The predicted octanol–water partition coefficient (Wildman–Crippen LogP) is 1.76. The van der Waals surface area contributed by atoms with Crippen LogP contribution in [0.3, 0.4) is 0 Å². The van der Waals surface area contributed by atoms with Crippen LogP contribution >= 0.6 is 0 Å².